The number of aromatic nitrogens is 2. The van der Waals surface area contributed by atoms with Gasteiger partial charge in [0.25, 0.3) is 0 Å². The quantitative estimate of drug-likeness (QED) is 0.404. The number of hydrogen-bond acceptors (Lipinski definition) is 6. The van der Waals surface area contributed by atoms with Crippen LogP contribution in [-0.4, -0.2) is 55.2 Å². The van der Waals surface area contributed by atoms with Gasteiger partial charge in [-0.15, -0.1) is 0 Å². The number of carbonyl (C=O) groups is 2. The van der Waals surface area contributed by atoms with E-state index in [1.54, 1.807) is 13.2 Å². The maximum atomic E-state index is 13.5. The molecule has 0 atom stereocenters. The molecule has 11 heteroatoms. The minimum atomic E-state index is -4.28. The lowest BCUT2D eigenvalue weighted by Crippen LogP contribution is -2.47. The molecule has 2 aliphatic carbocycles. The van der Waals surface area contributed by atoms with E-state index in [1.807, 2.05) is 30.3 Å². The van der Waals surface area contributed by atoms with E-state index in [9.17, 15) is 18.0 Å². The molecule has 0 fully saturated rings. The first-order valence-electron chi connectivity index (χ1n) is 13.6. The van der Waals surface area contributed by atoms with Crippen molar-refractivity contribution in [3.8, 4) is 0 Å². The van der Waals surface area contributed by atoms with Crippen molar-refractivity contribution in [3.05, 3.63) is 82.2 Å². The van der Waals surface area contributed by atoms with Gasteiger partial charge < -0.3 is 9.64 Å². The summed E-state index contributed by atoms with van der Waals surface area (Å²) in [6, 6.07) is 11.6. The second kappa shape index (κ2) is 11.7. The summed E-state index contributed by atoms with van der Waals surface area (Å²) in [6.07, 6.45) is 8.38. The number of anilines is 1. The van der Waals surface area contributed by atoms with Crippen LogP contribution in [0, 0.1) is 0 Å². The number of amides is 2. The third-order valence-electron chi connectivity index (χ3n) is 7.60. The van der Waals surface area contributed by atoms with E-state index in [2.05, 4.69) is 15.9 Å². The normalized spacial score (nSPS) is 13.9. The van der Waals surface area contributed by atoms with Crippen molar-refractivity contribution in [2.24, 2.45) is 7.05 Å². The third kappa shape index (κ3) is 6.14. The van der Waals surface area contributed by atoms with Crippen LogP contribution in [0.2, 0.25) is 0 Å². The predicted octanol–water partition coefficient (Wildman–Crippen LogP) is 3.08. The smallest absolute Gasteiger partial charge is 0.409 e. The van der Waals surface area contributed by atoms with Crippen LogP contribution in [-0.2, 0) is 65.5 Å². The van der Waals surface area contributed by atoms with Gasteiger partial charge in [-0.25, -0.2) is 13.8 Å². The fraction of sp³-hybridized carbons (Fsp3) is 0.414. The van der Waals surface area contributed by atoms with Crippen LogP contribution < -0.4 is 9.03 Å². The Labute approximate surface area is 235 Å². The summed E-state index contributed by atoms with van der Waals surface area (Å²) in [5.41, 5.74) is 7.16. The monoisotopic (exact) mass is 565 g/mol. The van der Waals surface area contributed by atoms with Crippen LogP contribution in [0.4, 0.5) is 10.5 Å². The van der Waals surface area contributed by atoms with Crippen molar-refractivity contribution in [3.63, 3.8) is 0 Å². The van der Waals surface area contributed by atoms with Crippen LogP contribution in [0.3, 0.4) is 0 Å². The van der Waals surface area contributed by atoms with Crippen molar-refractivity contribution >= 4 is 27.9 Å². The van der Waals surface area contributed by atoms with Gasteiger partial charge in [0.05, 0.1) is 24.8 Å². The Hall–Kier alpha value is -3.86. The van der Waals surface area contributed by atoms with E-state index in [0.29, 0.717) is 0 Å². The van der Waals surface area contributed by atoms with E-state index in [-0.39, 0.29) is 31.8 Å². The molecule has 0 aliphatic heterocycles. The summed E-state index contributed by atoms with van der Waals surface area (Å²) in [5.74, 6) is -0.570. The first-order valence-corrected chi connectivity index (χ1v) is 15.0. The maximum absolute atomic E-state index is 13.5. The van der Waals surface area contributed by atoms with Gasteiger partial charge in [-0.3, -0.25) is 9.48 Å². The Morgan fingerprint density at radius 3 is 2.33 bits per heavy atom. The van der Waals surface area contributed by atoms with Crippen molar-refractivity contribution in [1.29, 1.82) is 0 Å². The zero-order valence-corrected chi connectivity index (χ0v) is 23.7. The highest BCUT2D eigenvalue weighted by atomic mass is 32.2. The zero-order chi connectivity index (χ0) is 28.3. The van der Waals surface area contributed by atoms with Gasteiger partial charge in [0, 0.05) is 26.8 Å². The Morgan fingerprint density at radius 2 is 1.70 bits per heavy atom. The molecule has 0 spiro atoms. The van der Waals surface area contributed by atoms with Gasteiger partial charge in [-0.1, -0.05) is 36.4 Å². The lowest BCUT2D eigenvalue weighted by Gasteiger charge is -2.26. The summed E-state index contributed by atoms with van der Waals surface area (Å²) in [4.78, 5) is 27.1. The molecule has 0 saturated heterocycles. The number of carbonyl (C=O) groups excluding carboxylic acids is 2. The highest BCUT2D eigenvalue weighted by Crippen LogP contribution is 2.35. The molecule has 2 amide bonds. The van der Waals surface area contributed by atoms with Gasteiger partial charge in [0.2, 0.25) is 5.91 Å². The highest BCUT2D eigenvalue weighted by Gasteiger charge is 2.29. The van der Waals surface area contributed by atoms with E-state index < -0.39 is 22.2 Å². The molecule has 3 aromatic rings. The Morgan fingerprint density at radius 1 is 1.02 bits per heavy atom. The van der Waals surface area contributed by atoms with Gasteiger partial charge in [-0.05, 0) is 71.9 Å². The van der Waals surface area contributed by atoms with Crippen LogP contribution in [0.25, 0.3) is 0 Å². The topological polar surface area (TPSA) is 114 Å². The highest BCUT2D eigenvalue weighted by molar-refractivity contribution is 7.91. The molecule has 1 aromatic heterocycles. The number of nitrogens with zero attached hydrogens (tertiary/aromatic N) is 4. The average Bonchev–Trinajstić information content (AvgIpc) is 3.68. The second-order valence-corrected chi connectivity index (χ2v) is 12.0. The Kier molecular flexibility index (Phi) is 8.11. The largest absolute Gasteiger partial charge is 0.445 e. The van der Waals surface area contributed by atoms with E-state index in [0.717, 1.165) is 54.0 Å². The fourth-order valence-corrected chi connectivity index (χ4v) is 6.79. The molecule has 0 bridgehead atoms. The fourth-order valence-electron chi connectivity index (χ4n) is 5.63. The lowest BCUT2D eigenvalue weighted by atomic mass is 9.92. The minimum absolute atomic E-state index is 0.0251. The van der Waals surface area contributed by atoms with Gasteiger partial charge in [0.15, 0.2) is 0 Å². The van der Waals surface area contributed by atoms with E-state index in [1.165, 1.54) is 45.1 Å². The molecule has 0 radical (unpaired) electrons. The number of ether oxygens (including phenoxy) is 1. The summed E-state index contributed by atoms with van der Waals surface area (Å²) >= 11 is 0. The minimum Gasteiger partial charge on any atom is -0.445 e. The van der Waals surface area contributed by atoms with Crippen molar-refractivity contribution in [2.45, 2.75) is 51.6 Å². The van der Waals surface area contributed by atoms with Gasteiger partial charge in [0.1, 0.15) is 6.61 Å². The Balaban J connectivity index is 1.27. The number of likely N-dealkylation sites (N-methyl/N-ethyl adjacent to an activating group) is 1. The molecule has 5 rings (SSSR count). The Bertz CT molecular complexity index is 1470. The van der Waals surface area contributed by atoms with Gasteiger partial charge in [-0.2, -0.15) is 13.5 Å². The van der Waals surface area contributed by atoms with E-state index >= 15 is 0 Å². The molecule has 2 aromatic carbocycles. The number of fused-ring (bicyclic) bond motifs is 2. The molecular formula is C29H35N5O5S. The standard InChI is InChI=1S/C29H35N5O5S/c1-32(29(36)39-20-21-8-4-3-5-9-21)14-15-34(24-18-30-33(2)19-24)40(37,38)31-28(35)17-27-25-12-6-10-22(25)16-23-11-7-13-26(23)27/h3-5,8-9,16,18-19H,6-7,10-15,17,20H2,1-2H3,(H,31,35). The molecule has 212 valence electrons. The van der Waals surface area contributed by atoms with Crippen molar-refractivity contribution in [1.82, 2.24) is 19.4 Å². The summed E-state index contributed by atoms with van der Waals surface area (Å²) in [7, 11) is -1.07. The molecule has 0 unspecified atom stereocenters. The second-order valence-electron chi connectivity index (χ2n) is 10.5. The third-order valence-corrected chi connectivity index (χ3v) is 9.06. The van der Waals surface area contributed by atoms with Crippen LogP contribution in [0.15, 0.2) is 48.8 Å². The number of hydrogen-bond donors (Lipinski definition) is 1. The maximum Gasteiger partial charge on any atom is 0.409 e. The molecule has 1 N–H and O–H groups in total. The zero-order valence-electron chi connectivity index (χ0n) is 22.9. The summed E-state index contributed by atoms with van der Waals surface area (Å²) in [6.45, 7) is 0.0519. The molecule has 10 nitrogen and oxygen atoms in total. The van der Waals surface area contributed by atoms with Crippen molar-refractivity contribution in [2.75, 3.05) is 24.4 Å². The van der Waals surface area contributed by atoms with Crippen LogP contribution >= 0.6 is 0 Å². The summed E-state index contributed by atoms with van der Waals surface area (Å²) in [5, 5.41) is 4.09. The number of nitrogens with one attached hydrogen (secondary N) is 1. The molecule has 1 heterocycles. The molecular weight excluding hydrogens is 530 g/mol. The first-order chi connectivity index (χ1) is 19.2. The first kappa shape index (κ1) is 27.7. The van der Waals surface area contributed by atoms with Gasteiger partial charge >= 0.3 is 16.3 Å². The molecule has 2 aliphatic rings. The predicted molar refractivity (Wildman–Crippen MR) is 151 cm³/mol. The van der Waals surface area contributed by atoms with Crippen LogP contribution in [0.1, 0.15) is 46.2 Å². The van der Waals surface area contributed by atoms with Crippen molar-refractivity contribution < 1.29 is 22.7 Å². The lowest BCUT2D eigenvalue weighted by molar-refractivity contribution is -0.118. The molecule has 40 heavy (non-hydrogen) atoms. The SMILES string of the molecule is CN(CCN(c1cnn(C)c1)S(=O)(=O)NC(=O)Cc1c2c(cc3c1CCC3)CCC2)C(=O)OCc1ccccc1. The number of benzene rings is 2. The summed E-state index contributed by atoms with van der Waals surface area (Å²) < 4.78 is 37.2. The van der Waals surface area contributed by atoms with Crippen LogP contribution in [0.5, 0.6) is 0 Å². The average molecular weight is 566 g/mol. The number of aryl methyl sites for hydroxylation is 3. The molecule has 0 saturated carbocycles. The van der Waals surface area contributed by atoms with E-state index in [4.69, 9.17) is 4.74 Å². The number of rotatable bonds is 10.